The number of piperidine rings is 1. The molecule has 0 unspecified atom stereocenters. The minimum absolute atomic E-state index is 0.161. The van der Waals surface area contributed by atoms with Gasteiger partial charge in [-0.2, -0.15) is 0 Å². The second-order valence-corrected chi connectivity index (χ2v) is 5.03. The summed E-state index contributed by atoms with van der Waals surface area (Å²) < 4.78 is 14.2. The third-order valence-electron chi connectivity index (χ3n) is 2.82. The Morgan fingerprint density at radius 1 is 1.47 bits per heavy atom. The number of carbonyl (C=O) groups excluding carboxylic acids is 1. The first-order chi connectivity index (χ1) is 8.16. The van der Waals surface area contributed by atoms with Gasteiger partial charge in [0.2, 0.25) is 5.91 Å². The van der Waals surface area contributed by atoms with Crippen LogP contribution in [0.15, 0.2) is 22.7 Å². The number of anilines is 1. The molecule has 1 atom stereocenters. The molecule has 1 saturated heterocycles. The number of rotatable bonds is 2. The zero-order valence-corrected chi connectivity index (χ0v) is 10.9. The summed E-state index contributed by atoms with van der Waals surface area (Å²) in [4.78, 5) is 11.9. The Hall–Kier alpha value is -0.940. The molecular weight excluding hydrogens is 287 g/mol. The summed E-state index contributed by atoms with van der Waals surface area (Å²) in [5.41, 5.74) is 0.227. The van der Waals surface area contributed by atoms with E-state index < -0.39 is 5.82 Å². The number of nitrogens with one attached hydrogen (secondary N) is 2. The highest BCUT2D eigenvalue weighted by molar-refractivity contribution is 9.10. The van der Waals surface area contributed by atoms with E-state index in [2.05, 4.69) is 26.6 Å². The van der Waals surface area contributed by atoms with Gasteiger partial charge >= 0.3 is 0 Å². The lowest BCUT2D eigenvalue weighted by Gasteiger charge is -2.22. The summed E-state index contributed by atoms with van der Waals surface area (Å²) in [5, 5.41) is 5.74. The van der Waals surface area contributed by atoms with Crippen LogP contribution in [0, 0.1) is 5.82 Å². The van der Waals surface area contributed by atoms with Crippen molar-refractivity contribution in [3.8, 4) is 0 Å². The molecule has 1 fully saturated rings. The van der Waals surface area contributed by atoms with Crippen LogP contribution in [0.1, 0.15) is 19.3 Å². The van der Waals surface area contributed by atoms with Gasteiger partial charge in [-0.25, -0.2) is 4.39 Å². The van der Waals surface area contributed by atoms with E-state index in [0.717, 1.165) is 25.8 Å². The largest absolute Gasteiger partial charge is 0.322 e. The van der Waals surface area contributed by atoms with Crippen molar-refractivity contribution in [2.75, 3.05) is 11.9 Å². The molecule has 0 radical (unpaired) electrons. The smallest absolute Gasteiger partial charge is 0.241 e. The van der Waals surface area contributed by atoms with E-state index >= 15 is 0 Å². The second-order valence-electron chi connectivity index (χ2n) is 4.12. The summed E-state index contributed by atoms with van der Waals surface area (Å²) in [6.07, 6.45) is 2.94. The van der Waals surface area contributed by atoms with Crippen molar-refractivity contribution in [1.82, 2.24) is 5.32 Å². The van der Waals surface area contributed by atoms with Crippen LogP contribution in [0.3, 0.4) is 0 Å². The highest BCUT2D eigenvalue weighted by Gasteiger charge is 2.21. The molecule has 1 heterocycles. The molecule has 92 valence electrons. The summed E-state index contributed by atoms with van der Waals surface area (Å²) >= 11 is 3.17. The predicted molar refractivity (Wildman–Crippen MR) is 68.4 cm³/mol. The molecule has 0 spiro atoms. The highest BCUT2D eigenvalue weighted by atomic mass is 79.9. The Morgan fingerprint density at radius 2 is 2.29 bits per heavy atom. The molecule has 0 aliphatic carbocycles. The zero-order chi connectivity index (χ0) is 12.3. The maximum atomic E-state index is 13.5. The quantitative estimate of drug-likeness (QED) is 0.882. The zero-order valence-electron chi connectivity index (χ0n) is 9.30. The molecule has 0 saturated carbocycles. The fourth-order valence-electron chi connectivity index (χ4n) is 1.89. The van der Waals surface area contributed by atoms with Gasteiger partial charge in [-0.1, -0.05) is 22.4 Å². The first-order valence-electron chi connectivity index (χ1n) is 5.66. The van der Waals surface area contributed by atoms with Gasteiger partial charge < -0.3 is 10.6 Å². The van der Waals surface area contributed by atoms with Gasteiger partial charge in [0.1, 0.15) is 5.82 Å². The molecule has 1 aromatic carbocycles. The fraction of sp³-hybridized carbons (Fsp3) is 0.417. The Morgan fingerprint density at radius 3 is 2.94 bits per heavy atom. The van der Waals surface area contributed by atoms with Crippen molar-refractivity contribution in [1.29, 1.82) is 0 Å². The molecule has 1 aliphatic rings. The third kappa shape index (κ3) is 3.26. The van der Waals surface area contributed by atoms with Crippen LogP contribution in [0.5, 0.6) is 0 Å². The SMILES string of the molecule is O=C(Nc1ccc(Br)cc1F)[C@H]1CCCCN1. The van der Waals surface area contributed by atoms with Crippen molar-refractivity contribution < 1.29 is 9.18 Å². The van der Waals surface area contributed by atoms with E-state index in [0.29, 0.717) is 4.47 Å². The molecule has 1 aromatic rings. The van der Waals surface area contributed by atoms with Crippen LogP contribution in [0.2, 0.25) is 0 Å². The number of halogens is 2. The van der Waals surface area contributed by atoms with Crippen molar-refractivity contribution in [2.24, 2.45) is 0 Å². The van der Waals surface area contributed by atoms with Crippen LogP contribution >= 0.6 is 15.9 Å². The first kappa shape index (κ1) is 12.5. The van der Waals surface area contributed by atoms with Gasteiger partial charge in [0.25, 0.3) is 0 Å². The molecule has 0 bridgehead atoms. The third-order valence-corrected chi connectivity index (χ3v) is 3.31. The maximum absolute atomic E-state index is 13.5. The van der Waals surface area contributed by atoms with Gasteiger partial charge in [0.15, 0.2) is 0 Å². The Kier molecular flexibility index (Phi) is 4.12. The van der Waals surface area contributed by atoms with Crippen LogP contribution in [-0.4, -0.2) is 18.5 Å². The lowest BCUT2D eigenvalue weighted by Crippen LogP contribution is -2.43. The minimum Gasteiger partial charge on any atom is -0.322 e. The topological polar surface area (TPSA) is 41.1 Å². The monoisotopic (exact) mass is 300 g/mol. The predicted octanol–water partition coefficient (Wildman–Crippen LogP) is 2.67. The van der Waals surface area contributed by atoms with Crippen LogP contribution < -0.4 is 10.6 Å². The van der Waals surface area contributed by atoms with Crippen LogP contribution in [-0.2, 0) is 4.79 Å². The number of carbonyl (C=O) groups is 1. The van der Waals surface area contributed by atoms with E-state index in [1.165, 1.54) is 6.07 Å². The van der Waals surface area contributed by atoms with Gasteiger partial charge in [-0.05, 0) is 37.6 Å². The fourth-order valence-corrected chi connectivity index (χ4v) is 2.22. The molecule has 1 amide bonds. The van der Waals surface area contributed by atoms with Gasteiger partial charge in [-0.3, -0.25) is 4.79 Å². The molecular formula is C12H14BrFN2O. The summed E-state index contributed by atoms with van der Waals surface area (Å²) in [6, 6.07) is 4.39. The van der Waals surface area contributed by atoms with E-state index in [9.17, 15) is 9.18 Å². The average molecular weight is 301 g/mol. The Labute approximate surface area is 108 Å². The molecule has 3 nitrogen and oxygen atoms in total. The van der Waals surface area contributed by atoms with Crippen molar-refractivity contribution in [3.05, 3.63) is 28.5 Å². The Bertz CT molecular complexity index is 419. The summed E-state index contributed by atoms with van der Waals surface area (Å²) in [6.45, 7) is 0.848. The number of hydrogen-bond donors (Lipinski definition) is 2. The lowest BCUT2D eigenvalue weighted by molar-refractivity contribution is -0.118. The van der Waals surface area contributed by atoms with E-state index in [4.69, 9.17) is 0 Å². The Balaban J connectivity index is 2.02. The summed E-state index contributed by atoms with van der Waals surface area (Å²) in [5.74, 6) is -0.588. The van der Waals surface area contributed by atoms with Crippen molar-refractivity contribution in [3.63, 3.8) is 0 Å². The van der Waals surface area contributed by atoms with Gasteiger partial charge in [0.05, 0.1) is 11.7 Å². The molecule has 0 aromatic heterocycles. The molecule has 5 heteroatoms. The molecule has 17 heavy (non-hydrogen) atoms. The average Bonchev–Trinajstić information content (AvgIpc) is 2.34. The number of amides is 1. The van der Waals surface area contributed by atoms with Crippen molar-refractivity contribution >= 4 is 27.5 Å². The highest BCUT2D eigenvalue weighted by Crippen LogP contribution is 2.20. The second kappa shape index (κ2) is 5.60. The number of hydrogen-bond acceptors (Lipinski definition) is 2. The molecule has 2 rings (SSSR count). The molecule has 2 N–H and O–H groups in total. The van der Waals surface area contributed by atoms with Crippen molar-refractivity contribution in [2.45, 2.75) is 25.3 Å². The minimum atomic E-state index is -0.427. The summed E-state index contributed by atoms with van der Waals surface area (Å²) in [7, 11) is 0. The van der Waals surface area contributed by atoms with Gasteiger partial charge in [-0.15, -0.1) is 0 Å². The van der Waals surface area contributed by atoms with Crippen LogP contribution in [0.4, 0.5) is 10.1 Å². The maximum Gasteiger partial charge on any atom is 0.241 e. The molecule has 1 aliphatic heterocycles. The standard InChI is InChI=1S/C12H14BrFN2O/c13-8-4-5-10(9(14)7-8)16-12(17)11-3-1-2-6-15-11/h4-5,7,11,15H,1-3,6H2,(H,16,17)/t11-/m1/s1. The first-order valence-corrected chi connectivity index (χ1v) is 6.45. The van der Waals surface area contributed by atoms with Gasteiger partial charge in [0, 0.05) is 4.47 Å². The van der Waals surface area contributed by atoms with E-state index in [-0.39, 0.29) is 17.6 Å². The number of benzene rings is 1. The lowest BCUT2D eigenvalue weighted by atomic mass is 10.0. The van der Waals surface area contributed by atoms with Crippen LogP contribution in [0.25, 0.3) is 0 Å². The normalized spacial score (nSPS) is 20.0. The van der Waals surface area contributed by atoms with E-state index in [1.54, 1.807) is 12.1 Å². The van der Waals surface area contributed by atoms with E-state index in [1.807, 2.05) is 0 Å².